The summed E-state index contributed by atoms with van der Waals surface area (Å²) in [6.07, 6.45) is 4.86. The topological polar surface area (TPSA) is 39.7 Å². The highest BCUT2D eigenvalue weighted by molar-refractivity contribution is 5.79. The van der Waals surface area contributed by atoms with E-state index in [1.807, 2.05) is 7.05 Å². The van der Waals surface area contributed by atoms with Crippen molar-refractivity contribution < 1.29 is 0 Å². The molecule has 4 nitrogen and oxygen atoms in total. The zero-order chi connectivity index (χ0) is 13.6. The summed E-state index contributed by atoms with van der Waals surface area (Å²) < 4.78 is 0. The van der Waals surface area contributed by atoms with Crippen molar-refractivity contribution in [2.45, 2.75) is 46.5 Å². The largest absolute Gasteiger partial charge is 0.356 e. The van der Waals surface area contributed by atoms with Gasteiger partial charge in [0.15, 0.2) is 5.96 Å². The van der Waals surface area contributed by atoms with E-state index in [9.17, 15) is 0 Å². The summed E-state index contributed by atoms with van der Waals surface area (Å²) in [4.78, 5) is 6.68. The van der Waals surface area contributed by atoms with Gasteiger partial charge in [-0.2, -0.15) is 0 Å². The summed E-state index contributed by atoms with van der Waals surface area (Å²) in [6.45, 7) is 12.2. The van der Waals surface area contributed by atoms with E-state index in [4.69, 9.17) is 0 Å². The lowest BCUT2D eigenvalue weighted by Crippen LogP contribution is -2.38. The third kappa shape index (κ3) is 9.28. The van der Waals surface area contributed by atoms with E-state index in [0.717, 1.165) is 32.1 Å². The highest BCUT2D eigenvalue weighted by Gasteiger charge is 1.99. The van der Waals surface area contributed by atoms with Gasteiger partial charge < -0.3 is 15.5 Å². The highest BCUT2D eigenvalue weighted by atomic mass is 15.2. The Hall–Kier alpha value is -0.770. The molecular formula is C14H32N4. The molecule has 0 atom stereocenters. The molecule has 0 aliphatic carbocycles. The fourth-order valence-electron chi connectivity index (χ4n) is 1.81. The molecule has 108 valence electrons. The minimum absolute atomic E-state index is 0.936. The van der Waals surface area contributed by atoms with Crippen LogP contribution in [-0.4, -0.2) is 50.6 Å². The average molecular weight is 256 g/mol. The molecule has 0 aliphatic heterocycles. The second kappa shape index (κ2) is 12.7. The number of rotatable bonds is 10. The summed E-state index contributed by atoms with van der Waals surface area (Å²) >= 11 is 0. The van der Waals surface area contributed by atoms with Crippen molar-refractivity contribution in [3.8, 4) is 0 Å². The first-order chi connectivity index (χ1) is 8.78. The smallest absolute Gasteiger partial charge is 0.190 e. The van der Waals surface area contributed by atoms with Crippen LogP contribution in [0, 0.1) is 0 Å². The van der Waals surface area contributed by atoms with Gasteiger partial charge in [0.1, 0.15) is 0 Å². The van der Waals surface area contributed by atoms with Crippen LogP contribution in [-0.2, 0) is 0 Å². The molecule has 0 saturated carbocycles. The number of aliphatic imine (C=N–C) groups is 1. The lowest BCUT2D eigenvalue weighted by atomic mass is 10.3. The van der Waals surface area contributed by atoms with Crippen molar-refractivity contribution in [2.24, 2.45) is 4.99 Å². The summed E-state index contributed by atoms with van der Waals surface area (Å²) in [6, 6.07) is 0. The van der Waals surface area contributed by atoms with Crippen LogP contribution in [0.5, 0.6) is 0 Å². The third-order valence-corrected chi connectivity index (χ3v) is 3.13. The van der Waals surface area contributed by atoms with Gasteiger partial charge in [-0.25, -0.2) is 0 Å². The van der Waals surface area contributed by atoms with E-state index in [1.165, 1.54) is 32.2 Å². The first-order valence-corrected chi connectivity index (χ1v) is 7.45. The maximum atomic E-state index is 4.21. The van der Waals surface area contributed by atoms with Crippen LogP contribution in [0.15, 0.2) is 4.99 Å². The Morgan fingerprint density at radius 2 is 1.56 bits per heavy atom. The molecular weight excluding hydrogens is 224 g/mol. The number of hydrogen-bond donors (Lipinski definition) is 2. The Balaban J connectivity index is 3.50. The van der Waals surface area contributed by atoms with Crippen LogP contribution in [0.1, 0.15) is 46.5 Å². The summed E-state index contributed by atoms with van der Waals surface area (Å²) in [5.74, 6) is 0.936. The number of unbranched alkanes of at least 4 members (excludes halogenated alkanes) is 2. The number of nitrogens with one attached hydrogen (secondary N) is 2. The molecule has 0 aliphatic rings. The van der Waals surface area contributed by atoms with E-state index in [0.29, 0.717) is 0 Å². The van der Waals surface area contributed by atoms with Gasteiger partial charge in [0.05, 0.1) is 0 Å². The van der Waals surface area contributed by atoms with E-state index in [-0.39, 0.29) is 0 Å². The molecule has 0 radical (unpaired) electrons. The fourth-order valence-corrected chi connectivity index (χ4v) is 1.81. The molecule has 2 N–H and O–H groups in total. The van der Waals surface area contributed by atoms with E-state index in [1.54, 1.807) is 0 Å². The lowest BCUT2D eigenvalue weighted by molar-refractivity contribution is 0.297. The standard InChI is InChI=1S/C14H32N4/c1-5-8-11-16-14(15-4)17-12-9-10-13-18(6-2)7-3/h5-13H2,1-4H3,(H2,15,16,17). The zero-order valence-corrected chi connectivity index (χ0v) is 12.8. The zero-order valence-electron chi connectivity index (χ0n) is 12.8. The molecule has 0 heterocycles. The molecule has 18 heavy (non-hydrogen) atoms. The maximum Gasteiger partial charge on any atom is 0.190 e. The highest BCUT2D eigenvalue weighted by Crippen LogP contribution is 1.93. The van der Waals surface area contributed by atoms with Crippen LogP contribution >= 0.6 is 0 Å². The molecule has 0 unspecified atom stereocenters. The quantitative estimate of drug-likeness (QED) is 0.357. The Morgan fingerprint density at radius 1 is 0.944 bits per heavy atom. The van der Waals surface area contributed by atoms with Crippen molar-refractivity contribution in [3.63, 3.8) is 0 Å². The molecule has 0 spiro atoms. The van der Waals surface area contributed by atoms with Gasteiger partial charge in [0.25, 0.3) is 0 Å². The lowest BCUT2D eigenvalue weighted by Gasteiger charge is -2.18. The normalized spacial score (nSPS) is 11.9. The Kier molecular flexibility index (Phi) is 12.1. The Bertz CT molecular complexity index is 200. The number of nitrogens with zero attached hydrogens (tertiary/aromatic N) is 2. The van der Waals surface area contributed by atoms with Crippen molar-refractivity contribution >= 4 is 5.96 Å². The molecule has 0 aromatic carbocycles. The average Bonchev–Trinajstić information content (AvgIpc) is 2.41. The predicted molar refractivity (Wildman–Crippen MR) is 81.3 cm³/mol. The first-order valence-electron chi connectivity index (χ1n) is 7.45. The Labute approximate surface area is 113 Å². The molecule has 0 saturated heterocycles. The first kappa shape index (κ1) is 17.2. The maximum absolute atomic E-state index is 4.21. The molecule has 0 rings (SSSR count). The minimum Gasteiger partial charge on any atom is -0.356 e. The summed E-state index contributed by atoms with van der Waals surface area (Å²) in [5, 5.41) is 6.68. The minimum atomic E-state index is 0.936. The number of guanidine groups is 1. The molecule has 0 fully saturated rings. The molecule has 0 amide bonds. The summed E-state index contributed by atoms with van der Waals surface area (Å²) in [7, 11) is 1.83. The van der Waals surface area contributed by atoms with E-state index >= 15 is 0 Å². The van der Waals surface area contributed by atoms with Crippen molar-refractivity contribution in [1.82, 2.24) is 15.5 Å². The van der Waals surface area contributed by atoms with Gasteiger partial charge in [-0.3, -0.25) is 4.99 Å². The van der Waals surface area contributed by atoms with Crippen LogP contribution < -0.4 is 10.6 Å². The van der Waals surface area contributed by atoms with Crippen LogP contribution in [0.2, 0.25) is 0 Å². The second-order valence-electron chi connectivity index (χ2n) is 4.51. The molecule has 0 bridgehead atoms. The SMILES string of the molecule is CCCCNC(=NC)NCCCCN(CC)CC. The molecule has 0 aromatic rings. The van der Waals surface area contributed by atoms with Gasteiger partial charge in [-0.05, 0) is 38.9 Å². The fraction of sp³-hybridized carbons (Fsp3) is 0.929. The van der Waals surface area contributed by atoms with E-state index < -0.39 is 0 Å². The van der Waals surface area contributed by atoms with Crippen LogP contribution in [0.4, 0.5) is 0 Å². The molecule has 4 heteroatoms. The second-order valence-corrected chi connectivity index (χ2v) is 4.51. The van der Waals surface area contributed by atoms with Crippen molar-refractivity contribution in [2.75, 3.05) is 39.8 Å². The van der Waals surface area contributed by atoms with Crippen LogP contribution in [0.25, 0.3) is 0 Å². The van der Waals surface area contributed by atoms with E-state index in [2.05, 4.69) is 41.3 Å². The Morgan fingerprint density at radius 3 is 2.06 bits per heavy atom. The van der Waals surface area contributed by atoms with Crippen molar-refractivity contribution in [3.05, 3.63) is 0 Å². The van der Waals surface area contributed by atoms with Crippen LogP contribution in [0.3, 0.4) is 0 Å². The van der Waals surface area contributed by atoms with Gasteiger partial charge in [0, 0.05) is 20.1 Å². The number of hydrogen-bond acceptors (Lipinski definition) is 2. The monoisotopic (exact) mass is 256 g/mol. The predicted octanol–water partition coefficient (Wildman–Crippen LogP) is 2.07. The summed E-state index contributed by atoms with van der Waals surface area (Å²) in [5.41, 5.74) is 0. The molecule has 0 aromatic heterocycles. The van der Waals surface area contributed by atoms with Gasteiger partial charge in [-0.15, -0.1) is 0 Å². The van der Waals surface area contributed by atoms with Crippen molar-refractivity contribution in [1.29, 1.82) is 0 Å². The third-order valence-electron chi connectivity index (χ3n) is 3.13. The van der Waals surface area contributed by atoms with Gasteiger partial charge in [0.2, 0.25) is 0 Å². The van der Waals surface area contributed by atoms with Gasteiger partial charge in [-0.1, -0.05) is 27.2 Å². The van der Waals surface area contributed by atoms with Gasteiger partial charge >= 0.3 is 0 Å².